The van der Waals surface area contributed by atoms with Gasteiger partial charge in [-0.15, -0.1) is 0 Å². The molecule has 8 nitrogen and oxygen atoms in total. The van der Waals surface area contributed by atoms with Crippen LogP contribution in [0.15, 0.2) is 47.4 Å². The molecule has 0 fully saturated rings. The summed E-state index contributed by atoms with van der Waals surface area (Å²) in [7, 11) is 2.11. The van der Waals surface area contributed by atoms with Gasteiger partial charge in [-0.3, -0.25) is 15.3 Å². The van der Waals surface area contributed by atoms with Crippen LogP contribution in [0.3, 0.4) is 0 Å². The molecule has 2 aromatic carbocycles. The molecule has 168 valence electrons. The zero-order valence-electron chi connectivity index (χ0n) is 18.2. The van der Waals surface area contributed by atoms with Crippen molar-refractivity contribution in [3.8, 4) is 5.69 Å². The second kappa shape index (κ2) is 7.69. The Hall–Kier alpha value is -3.20. The van der Waals surface area contributed by atoms with Crippen molar-refractivity contribution in [2.45, 2.75) is 25.9 Å². The summed E-state index contributed by atoms with van der Waals surface area (Å²) >= 11 is 12.5. The number of hydrogen-bond donors (Lipinski definition) is 3. The molecular formula is C23H21Cl2N7O. The number of para-hydroxylation sites is 1. The van der Waals surface area contributed by atoms with Gasteiger partial charge in [0.05, 0.1) is 21.1 Å². The van der Waals surface area contributed by atoms with Crippen LogP contribution in [0.25, 0.3) is 16.7 Å². The van der Waals surface area contributed by atoms with Crippen LogP contribution in [-0.4, -0.2) is 31.5 Å². The molecule has 0 amide bonds. The van der Waals surface area contributed by atoms with E-state index in [1.165, 1.54) is 17.3 Å². The lowest BCUT2D eigenvalue weighted by Crippen LogP contribution is -2.34. The van der Waals surface area contributed by atoms with E-state index < -0.39 is 5.69 Å². The van der Waals surface area contributed by atoms with Crippen molar-refractivity contribution in [2.24, 2.45) is 0 Å². The molecular weight excluding hydrogens is 461 g/mol. The van der Waals surface area contributed by atoms with Gasteiger partial charge < -0.3 is 5.32 Å². The molecule has 4 aromatic rings. The van der Waals surface area contributed by atoms with Crippen molar-refractivity contribution in [1.82, 2.24) is 24.4 Å². The van der Waals surface area contributed by atoms with Gasteiger partial charge in [-0.05, 0) is 56.3 Å². The number of halogens is 2. The average molecular weight is 482 g/mol. The molecule has 0 saturated heterocycles. The topological polar surface area (TPSA) is 103 Å². The predicted octanol–water partition coefficient (Wildman–Crippen LogP) is 4.32. The van der Waals surface area contributed by atoms with Crippen LogP contribution >= 0.6 is 23.2 Å². The number of anilines is 2. The van der Waals surface area contributed by atoms with Gasteiger partial charge in [0, 0.05) is 24.0 Å². The number of benzene rings is 2. The minimum Gasteiger partial charge on any atom is -0.324 e. The zero-order chi connectivity index (χ0) is 23.5. The van der Waals surface area contributed by atoms with Crippen LogP contribution in [0.1, 0.15) is 25.0 Å². The van der Waals surface area contributed by atoms with E-state index in [1.54, 1.807) is 18.2 Å². The fraction of sp³-hybridized carbons (Fsp3) is 0.217. The van der Waals surface area contributed by atoms with Crippen LogP contribution < -0.4 is 16.5 Å². The Labute approximate surface area is 199 Å². The highest BCUT2D eigenvalue weighted by Crippen LogP contribution is 2.38. The van der Waals surface area contributed by atoms with Crippen LogP contribution in [0.4, 0.5) is 11.6 Å². The molecule has 0 bridgehead atoms. The summed E-state index contributed by atoms with van der Waals surface area (Å²) in [5, 5.41) is 12.6. The number of nitrogens with one attached hydrogen (secondary N) is 3. The third kappa shape index (κ3) is 3.51. The molecule has 0 unspecified atom stereocenters. The summed E-state index contributed by atoms with van der Waals surface area (Å²) in [5.74, 6) is 0.316. The van der Waals surface area contributed by atoms with Crippen molar-refractivity contribution < 1.29 is 0 Å². The summed E-state index contributed by atoms with van der Waals surface area (Å²) in [6.07, 6.45) is 1.49. The maximum Gasteiger partial charge on any atom is 0.333 e. The first-order valence-corrected chi connectivity index (χ1v) is 11.0. The van der Waals surface area contributed by atoms with Crippen molar-refractivity contribution >= 4 is 45.9 Å². The molecule has 3 heterocycles. The fourth-order valence-electron chi connectivity index (χ4n) is 4.19. The van der Waals surface area contributed by atoms with Crippen LogP contribution in [0, 0.1) is 5.41 Å². The smallest absolute Gasteiger partial charge is 0.324 e. The second-order valence-electron chi connectivity index (χ2n) is 8.55. The third-order valence-corrected chi connectivity index (χ3v) is 6.85. The molecule has 3 N–H and O–H groups in total. The van der Waals surface area contributed by atoms with Crippen molar-refractivity contribution in [1.29, 1.82) is 5.41 Å². The molecule has 33 heavy (non-hydrogen) atoms. The van der Waals surface area contributed by atoms with Gasteiger partial charge in [-0.25, -0.2) is 14.3 Å². The number of rotatable bonds is 3. The molecule has 10 heteroatoms. The summed E-state index contributed by atoms with van der Waals surface area (Å²) in [4.78, 5) is 26.6. The Kier molecular flexibility index (Phi) is 5.04. The summed E-state index contributed by atoms with van der Waals surface area (Å²) in [6, 6.07) is 11.1. The van der Waals surface area contributed by atoms with Crippen LogP contribution in [-0.2, 0) is 12.1 Å². The van der Waals surface area contributed by atoms with Gasteiger partial charge in [0.2, 0.25) is 5.95 Å². The number of nitrogens with zero attached hydrogens (tertiary/aromatic N) is 4. The highest BCUT2D eigenvalue weighted by molar-refractivity contribution is 6.37. The minimum absolute atomic E-state index is 0.0166. The molecule has 2 aromatic heterocycles. The average Bonchev–Trinajstić information content (AvgIpc) is 2.97. The summed E-state index contributed by atoms with van der Waals surface area (Å²) in [5.41, 5.74) is 3.16. The molecule has 0 saturated carbocycles. The van der Waals surface area contributed by atoms with Gasteiger partial charge in [0.15, 0.2) is 5.65 Å². The molecule has 5 rings (SSSR count). The third-order valence-electron chi connectivity index (χ3n) is 6.24. The monoisotopic (exact) mass is 481 g/mol. The predicted molar refractivity (Wildman–Crippen MR) is 130 cm³/mol. The van der Waals surface area contributed by atoms with Gasteiger partial charge in [0.25, 0.3) is 0 Å². The number of hydrogen-bond acceptors (Lipinski definition) is 6. The second-order valence-corrected chi connectivity index (χ2v) is 9.37. The van der Waals surface area contributed by atoms with E-state index in [0.717, 1.165) is 16.8 Å². The first-order chi connectivity index (χ1) is 15.7. The van der Waals surface area contributed by atoms with Crippen LogP contribution in [0.2, 0.25) is 10.0 Å². The van der Waals surface area contributed by atoms with Gasteiger partial charge in [-0.1, -0.05) is 35.3 Å². The Balaban J connectivity index is 1.54. The molecule has 0 atom stereocenters. The van der Waals surface area contributed by atoms with E-state index in [9.17, 15) is 4.79 Å². The van der Waals surface area contributed by atoms with E-state index in [4.69, 9.17) is 28.6 Å². The maximum atomic E-state index is 12.8. The lowest BCUT2D eigenvalue weighted by atomic mass is 9.94. The number of aromatic nitrogens is 4. The Bertz CT molecular complexity index is 1520. The standard InChI is InChI=1S/C23H21Cl2N7O/c1-23(2)15-8-7-13(9-12(15)11-31(23)3)28-21-27-10-14-19(26)32(22(33)30-20(14)29-21)18-16(24)5-4-6-17(18)25/h4-10,26H,11H2,1-3H3,(H2,27,28,29,30,33). The quantitative estimate of drug-likeness (QED) is 0.404. The maximum absolute atomic E-state index is 12.8. The van der Waals surface area contributed by atoms with Gasteiger partial charge in [-0.2, -0.15) is 4.98 Å². The van der Waals surface area contributed by atoms with E-state index >= 15 is 0 Å². The largest absolute Gasteiger partial charge is 0.333 e. The Morgan fingerprint density at radius 3 is 2.64 bits per heavy atom. The SMILES string of the molecule is CN1Cc2cc(Nc3ncc4c(=N)n(-c5c(Cl)cccc5Cl)c(=O)[nH]c4n3)ccc2C1(C)C. The van der Waals surface area contributed by atoms with E-state index in [0.29, 0.717) is 11.3 Å². The van der Waals surface area contributed by atoms with E-state index in [-0.39, 0.29) is 32.4 Å². The molecule has 0 radical (unpaired) electrons. The Morgan fingerprint density at radius 1 is 1.18 bits per heavy atom. The van der Waals surface area contributed by atoms with E-state index in [1.807, 2.05) is 6.07 Å². The lowest BCUT2D eigenvalue weighted by Gasteiger charge is -2.28. The normalized spacial score (nSPS) is 15.1. The van der Waals surface area contributed by atoms with Gasteiger partial charge >= 0.3 is 5.69 Å². The van der Waals surface area contributed by atoms with Gasteiger partial charge in [0.1, 0.15) is 5.49 Å². The van der Waals surface area contributed by atoms with Crippen molar-refractivity contribution in [2.75, 3.05) is 12.4 Å². The first-order valence-electron chi connectivity index (χ1n) is 10.3. The molecule has 1 aliphatic rings. The fourth-order valence-corrected chi connectivity index (χ4v) is 4.76. The van der Waals surface area contributed by atoms with Crippen LogP contribution in [0.5, 0.6) is 0 Å². The number of fused-ring (bicyclic) bond motifs is 2. The highest BCUT2D eigenvalue weighted by Gasteiger charge is 2.34. The molecule has 0 aliphatic carbocycles. The Morgan fingerprint density at radius 2 is 1.91 bits per heavy atom. The summed E-state index contributed by atoms with van der Waals surface area (Å²) < 4.78 is 1.11. The highest BCUT2D eigenvalue weighted by atomic mass is 35.5. The van der Waals surface area contributed by atoms with E-state index in [2.05, 4.69) is 58.2 Å². The molecule has 0 spiro atoms. The molecule has 1 aliphatic heterocycles. The zero-order valence-corrected chi connectivity index (χ0v) is 19.7. The first kappa shape index (κ1) is 21.6. The summed E-state index contributed by atoms with van der Waals surface area (Å²) in [6.45, 7) is 5.26. The lowest BCUT2D eigenvalue weighted by molar-refractivity contribution is 0.178. The van der Waals surface area contributed by atoms with Crippen molar-refractivity contribution in [3.05, 3.63) is 79.7 Å². The number of aromatic amines is 1. The number of H-pyrrole nitrogens is 1. The minimum atomic E-state index is -0.574. The van der Waals surface area contributed by atoms with Crippen molar-refractivity contribution in [3.63, 3.8) is 0 Å².